The van der Waals surface area contributed by atoms with Crippen LogP contribution in [0, 0.1) is 0 Å². The van der Waals surface area contributed by atoms with Gasteiger partial charge in [-0.25, -0.2) is 0 Å². The fourth-order valence-corrected chi connectivity index (χ4v) is 2.20. The van der Waals surface area contributed by atoms with Crippen LogP contribution in [0.5, 0.6) is 5.75 Å². The molecule has 0 unspecified atom stereocenters. The fourth-order valence-electron chi connectivity index (χ4n) is 2.01. The number of halogens is 1. The molecule has 0 aliphatic heterocycles. The average Bonchev–Trinajstić information content (AvgIpc) is 3.10. The largest absolute Gasteiger partial charge is 0.489 e. The summed E-state index contributed by atoms with van der Waals surface area (Å²) in [5, 5.41) is 3.46. The van der Waals surface area contributed by atoms with Crippen LogP contribution in [-0.2, 0) is 6.61 Å². The zero-order chi connectivity index (χ0) is 16.1. The summed E-state index contributed by atoms with van der Waals surface area (Å²) in [6, 6.07) is 16.3. The van der Waals surface area contributed by atoms with Gasteiger partial charge < -0.3 is 14.5 Å². The third kappa shape index (κ3) is 3.93. The van der Waals surface area contributed by atoms with Gasteiger partial charge in [-0.15, -0.1) is 0 Å². The van der Waals surface area contributed by atoms with Gasteiger partial charge in [-0.3, -0.25) is 4.79 Å². The molecule has 0 radical (unpaired) electrons. The molecule has 0 bridgehead atoms. The summed E-state index contributed by atoms with van der Waals surface area (Å²) >= 11 is 6.09. The highest BCUT2D eigenvalue weighted by molar-refractivity contribution is 6.31. The molecule has 1 heterocycles. The number of amides is 1. The molecule has 1 N–H and O–H groups in total. The Labute approximate surface area is 138 Å². The lowest BCUT2D eigenvalue weighted by molar-refractivity contribution is 0.102. The van der Waals surface area contributed by atoms with Crippen LogP contribution in [0.2, 0.25) is 5.02 Å². The van der Waals surface area contributed by atoms with E-state index in [0.29, 0.717) is 28.6 Å². The number of rotatable bonds is 5. The van der Waals surface area contributed by atoms with Crippen molar-refractivity contribution in [2.75, 3.05) is 5.32 Å². The van der Waals surface area contributed by atoms with Crippen LogP contribution in [0.3, 0.4) is 0 Å². The SMILES string of the molecule is O=C(Nc1ccc(OCc2ccccc2Cl)cc1)c1ccoc1. The highest BCUT2D eigenvalue weighted by atomic mass is 35.5. The number of carbonyl (C=O) groups excluding carboxylic acids is 1. The van der Waals surface area contributed by atoms with Crippen molar-refractivity contribution < 1.29 is 13.9 Å². The first-order valence-corrected chi connectivity index (χ1v) is 7.40. The monoisotopic (exact) mass is 327 g/mol. The first-order valence-electron chi connectivity index (χ1n) is 7.02. The van der Waals surface area contributed by atoms with Crippen molar-refractivity contribution in [1.29, 1.82) is 0 Å². The molecule has 4 nitrogen and oxygen atoms in total. The average molecular weight is 328 g/mol. The lowest BCUT2D eigenvalue weighted by atomic mass is 10.2. The zero-order valence-electron chi connectivity index (χ0n) is 12.2. The molecule has 0 fully saturated rings. The van der Waals surface area contributed by atoms with Gasteiger partial charge in [0.2, 0.25) is 0 Å². The molecule has 0 spiro atoms. The minimum absolute atomic E-state index is 0.219. The number of furan rings is 1. The minimum Gasteiger partial charge on any atom is -0.489 e. The van der Waals surface area contributed by atoms with Gasteiger partial charge in [0.15, 0.2) is 0 Å². The van der Waals surface area contributed by atoms with Crippen LogP contribution in [0.1, 0.15) is 15.9 Å². The van der Waals surface area contributed by atoms with Crippen LogP contribution in [0.25, 0.3) is 0 Å². The molecule has 1 amide bonds. The van der Waals surface area contributed by atoms with Crippen molar-refractivity contribution in [2.24, 2.45) is 0 Å². The maximum Gasteiger partial charge on any atom is 0.258 e. The Kier molecular flexibility index (Phi) is 4.64. The van der Waals surface area contributed by atoms with Gasteiger partial charge in [-0.2, -0.15) is 0 Å². The van der Waals surface area contributed by atoms with E-state index in [1.54, 1.807) is 30.3 Å². The Balaban J connectivity index is 1.59. The summed E-state index contributed by atoms with van der Waals surface area (Å²) < 4.78 is 10.6. The van der Waals surface area contributed by atoms with Crippen LogP contribution >= 0.6 is 11.6 Å². The van der Waals surface area contributed by atoms with Crippen molar-refractivity contribution >= 4 is 23.2 Å². The predicted molar refractivity (Wildman–Crippen MR) is 88.9 cm³/mol. The Bertz CT molecular complexity index is 782. The Morgan fingerprint density at radius 2 is 1.87 bits per heavy atom. The predicted octanol–water partition coefficient (Wildman–Crippen LogP) is 4.76. The lowest BCUT2D eigenvalue weighted by Gasteiger charge is -2.09. The summed E-state index contributed by atoms with van der Waals surface area (Å²) in [5.41, 5.74) is 2.08. The van der Waals surface area contributed by atoms with E-state index in [1.807, 2.05) is 24.3 Å². The molecule has 23 heavy (non-hydrogen) atoms. The maximum absolute atomic E-state index is 11.9. The van der Waals surface area contributed by atoms with Crippen LogP contribution < -0.4 is 10.1 Å². The third-order valence-corrected chi connectivity index (χ3v) is 3.62. The molecule has 2 aromatic carbocycles. The molecular formula is C18H14ClNO3. The van der Waals surface area contributed by atoms with Gasteiger partial charge in [-0.1, -0.05) is 29.8 Å². The standard InChI is InChI=1S/C18H14ClNO3/c19-17-4-2-1-3-13(17)12-23-16-7-5-15(6-8-16)20-18(21)14-9-10-22-11-14/h1-11H,12H2,(H,20,21). The zero-order valence-corrected chi connectivity index (χ0v) is 12.9. The molecule has 5 heteroatoms. The third-order valence-electron chi connectivity index (χ3n) is 3.25. The van der Waals surface area contributed by atoms with E-state index in [1.165, 1.54) is 12.5 Å². The van der Waals surface area contributed by atoms with E-state index in [-0.39, 0.29) is 5.91 Å². The van der Waals surface area contributed by atoms with E-state index in [2.05, 4.69) is 5.32 Å². The van der Waals surface area contributed by atoms with E-state index in [9.17, 15) is 4.79 Å². The molecule has 0 saturated carbocycles. The Hall–Kier alpha value is -2.72. The number of benzene rings is 2. The lowest BCUT2D eigenvalue weighted by Crippen LogP contribution is -2.10. The van der Waals surface area contributed by atoms with Crippen molar-refractivity contribution in [1.82, 2.24) is 0 Å². The van der Waals surface area contributed by atoms with Gasteiger partial charge >= 0.3 is 0 Å². The van der Waals surface area contributed by atoms with Gasteiger partial charge in [0.25, 0.3) is 5.91 Å². The van der Waals surface area contributed by atoms with Gasteiger partial charge in [-0.05, 0) is 36.4 Å². The molecule has 0 atom stereocenters. The molecule has 116 valence electrons. The van der Waals surface area contributed by atoms with Crippen molar-refractivity contribution in [2.45, 2.75) is 6.61 Å². The minimum atomic E-state index is -0.219. The molecule has 0 aliphatic carbocycles. The molecule has 3 aromatic rings. The number of hydrogen-bond acceptors (Lipinski definition) is 3. The highest BCUT2D eigenvalue weighted by Crippen LogP contribution is 2.20. The molecule has 3 rings (SSSR count). The Morgan fingerprint density at radius 1 is 1.09 bits per heavy atom. The molecule has 0 saturated heterocycles. The van der Waals surface area contributed by atoms with Gasteiger partial charge in [0.1, 0.15) is 18.6 Å². The second-order valence-corrected chi connectivity index (χ2v) is 5.28. The number of hydrogen-bond donors (Lipinski definition) is 1. The number of nitrogens with one attached hydrogen (secondary N) is 1. The molecule has 1 aromatic heterocycles. The van der Waals surface area contributed by atoms with Crippen molar-refractivity contribution in [3.8, 4) is 5.75 Å². The molecular weight excluding hydrogens is 314 g/mol. The second kappa shape index (κ2) is 7.03. The summed E-state index contributed by atoms with van der Waals surface area (Å²) in [6.45, 7) is 0.389. The van der Waals surface area contributed by atoms with E-state index >= 15 is 0 Å². The van der Waals surface area contributed by atoms with Gasteiger partial charge in [0.05, 0.1) is 11.8 Å². The van der Waals surface area contributed by atoms with Crippen LogP contribution in [0.15, 0.2) is 71.5 Å². The normalized spacial score (nSPS) is 10.3. The summed E-state index contributed by atoms with van der Waals surface area (Å²) in [5.74, 6) is 0.481. The summed E-state index contributed by atoms with van der Waals surface area (Å²) in [6.07, 6.45) is 2.86. The number of ether oxygens (including phenoxy) is 1. The molecule has 0 aliphatic rings. The van der Waals surface area contributed by atoms with E-state index in [4.69, 9.17) is 20.8 Å². The topological polar surface area (TPSA) is 51.5 Å². The highest BCUT2D eigenvalue weighted by Gasteiger charge is 2.07. The smallest absolute Gasteiger partial charge is 0.258 e. The summed E-state index contributed by atoms with van der Waals surface area (Å²) in [7, 11) is 0. The van der Waals surface area contributed by atoms with Gasteiger partial charge in [0, 0.05) is 16.3 Å². The second-order valence-electron chi connectivity index (χ2n) is 4.87. The number of anilines is 1. The first kappa shape index (κ1) is 15.2. The van der Waals surface area contributed by atoms with E-state index < -0.39 is 0 Å². The quantitative estimate of drug-likeness (QED) is 0.734. The first-order chi connectivity index (χ1) is 11.2. The summed E-state index contributed by atoms with van der Waals surface area (Å²) in [4.78, 5) is 11.9. The van der Waals surface area contributed by atoms with Crippen LogP contribution in [-0.4, -0.2) is 5.91 Å². The van der Waals surface area contributed by atoms with Crippen molar-refractivity contribution in [3.05, 3.63) is 83.3 Å². The number of carbonyl (C=O) groups is 1. The van der Waals surface area contributed by atoms with Crippen LogP contribution in [0.4, 0.5) is 5.69 Å². The fraction of sp³-hybridized carbons (Fsp3) is 0.0556. The van der Waals surface area contributed by atoms with E-state index in [0.717, 1.165) is 5.56 Å². The maximum atomic E-state index is 11.9. The Morgan fingerprint density at radius 3 is 2.57 bits per heavy atom. The van der Waals surface area contributed by atoms with Crippen molar-refractivity contribution in [3.63, 3.8) is 0 Å².